The van der Waals surface area contributed by atoms with Gasteiger partial charge in [-0.15, -0.1) is 0 Å². The van der Waals surface area contributed by atoms with Crippen molar-refractivity contribution in [3.8, 4) is 0 Å². The molecule has 48 heavy (non-hydrogen) atoms. The van der Waals surface area contributed by atoms with Gasteiger partial charge in [-0.05, 0) is 36.5 Å². The van der Waals surface area contributed by atoms with Gasteiger partial charge in [0.25, 0.3) is 6.47 Å². The molecule has 2 saturated carbocycles. The number of hydrogen-bond donors (Lipinski definition) is 2. The highest BCUT2D eigenvalue weighted by Gasteiger charge is 2.77. The van der Waals surface area contributed by atoms with Crippen molar-refractivity contribution in [1.29, 1.82) is 0 Å². The van der Waals surface area contributed by atoms with Crippen LogP contribution in [0.2, 0.25) is 0 Å². The number of fused-ring (bicyclic) bond motifs is 2. The van der Waals surface area contributed by atoms with E-state index in [1.807, 2.05) is 0 Å². The summed E-state index contributed by atoms with van der Waals surface area (Å²) in [6.07, 6.45) is 0.145. The first-order chi connectivity index (χ1) is 22.5. The van der Waals surface area contributed by atoms with Gasteiger partial charge in [-0.2, -0.15) is 0 Å². The van der Waals surface area contributed by atoms with Crippen molar-refractivity contribution in [2.45, 2.75) is 102 Å². The highest BCUT2D eigenvalue weighted by molar-refractivity contribution is 5.83. The molecule has 13 heteroatoms. The summed E-state index contributed by atoms with van der Waals surface area (Å²) in [7, 11) is 0. The minimum atomic E-state index is -2.17. The standard InChI is InChI=1S/C35H44O13/c1-8-18(2)28(40)31(41)47-30-29(45-17-36)27(32(5)11-9-25(38)48-33(6)16-44-26(39)14-23(32)33)19(3)35(42)24(46-20(4)37)13-22(34(30,35)7)21-10-12-43-15-21/h9-12,15,17-18,22-24,27-30,40,42H,3,8,13-14,16H2,1-2,4-7H3/t18-,22+,23-,24+,27+,28-,29+,30+,32-,33-,34+,35+/m1/s1. The van der Waals surface area contributed by atoms with Crippen LogP contribution in [0.5, 0.6) is 0 Å². The fourth-order valence-corrected chi connectivity index (χ4v) is 8.93. The van der Waals surface area contributed by atoms with Crippen molar-refractivity contribution in [3.63, 3.8) is 0 Å². The molecule has 4 aliphatic rings. The number of allylic oxidation sites excluding steroid dienone is 1. The Morgan fingerprint density at radius 2 is 1.92 bits per heavy atom. The monoisotopic (exact) mass is 672 g/mol. The molecule has 2 aliphatic heterocycles. The number of cyclic esters (lactones) is 1. The summed E-state index contributed by atoms with van der Waals surface area (Å²) in [6.45, 7) is 13.9. The number of esters is 4. The number of hydrogen-bond acceptors (Lipinski definition) is 13. The molecular formula is C35H44O13. The summed E-state index contributed by atoms with van der Waals surface area (Å²) >= 11 is 0. The molecule has 12 atom stereocenters. The predicted octanol–water partition coefficient (Wildman–Crippen LogP) is 2.92. The zero-order valence-corrected chi connectivity index (χ0v) is 28.0. The quantitative estimate of drug-likeness (QED) is 0.169. The molecule has 0 bridgehead atoms. The molecule has 1 saturated heterocycles. The van der Waals surface area contributed by atoms with E-state index in [1.54, 1.807) is 40.7 Å². The lowest BCUT2D eigenvalue weighted by Crippen LogP contribution is -2.71. The van der Waals surface area contributed by atoms with Crippen molar-refractivity contribution < 1.29 is 62.3 Å². The van der Waals surface area contributed by atoms with Crippen LogP contribution in [0.3, 0.4) is 0 Å². The molecule has 3 fully saturated rings. The van der Waals surface area contributed by atoms with E-state index >= 15 is 0 Å². The zero-order valence-electron chi connectivity index (χ0n) is 28.0. The fourth-order valence-electron chi connectivity index (χ4n) is 8.93. The van der Waals surface area contributed by atoms with Gasteiger partial charge in [-0.25, -0.2) is 9.59 Å². The van der Waals surface area contributed by atoms with Gasteiger partial charge in [-0.3, -0.25) is 14.4 Å². The van der Waals surface area contributed by atoms with Crippen molar-refractivity contribution in [3.05, 3.63) is 48.5 Å². The average molecular weight is 673 g/mol. The Balaban J connectivity index is 1.79. The fraction of sp³-hybridized carbons (Fsp3) is 0.629. The topological polar surface area (TPSA) is 185 Å². The van der Waals surface area contributed by atoms with Crippen LogP contribution < -0.4 is 0 Å². The van der Waals surface area contributed by atoms with Crippen LogP contribution in [0.15, 0.2) is 47.3 Å². The summed E-state index contributed by atoms with van der Waals surface area (Å²) in [4.78, 5) is 64.4. The Hall–Kier alpha value is -3.97. The molecule has 262 valence electrons. The van der Waals surface area contributed by atoms with Crippen LogP contribution in [-0.4, -0.2) is 82.8 Å². The second kappa shape index (κ2) is 12.5. The molecule has 0 unspecified atom stereocenters. The Kier molecular flexibility index (Phi) is 9.19. The van der Waals surface area contributed by atoms with Crippen LogP contribution in [0.25, 0.3) is 0 Å². The summed E-state index contributed by atoms with van der Waals surface area (Å²) in [5.41, 5.74) is -5.87. The van der Waals surface area contributed by atoms with Crippen LogP contribution in [0.1, 0.15) is 72.3 Å². The Labute approximate surface area is 278 Å². The largest absolute Gasteiger partial charge is 0.472 e. The Bertz CT molecular complexity index is 1500. The van der Waals surface area contributed by atoms with E-state index < -0.39 is 94.0 Å². The predicted molar refractivity (Wildman–Crippen MR) is 164 cm³/mol. The molecule has 1 aromatic heterocycles. The normalized spacial score (nSPS) is 40.3. The van der Waals surface area contributed by atoms with Gasteiger partial charge in [0.15, 0.2) is 6.10 Å². The number of rotatable bonds is 9. The second-order valence-corrected chi connectivity index (χ2v) is 14.2. The van der Waals surface area contributed by atoms with Crippen molar-refractivity contribution in [1.82, 2.24) is 0 Å². The Morgan fingerprint density at radius 1 is 1.21 bits per heavy atom. The molecule has 0 amide bonds. The lowest BCUT2D eigenvalue weighted by Gasteiger charge is -2.61. The maximum Gasteiger partial charge on any atom is 0.335 e. The lowest BCUT2D eigenvalue weighted by atomic mass is 9.47. The molecule has 3 heterocycles. The third-order valence-electron chi connectivity index (χ3n) is 11.6. The number of furan rings is 1. The van der Waals surface area contributed by atoms with Crippen molar-refractivity contribution in [2.24, 2.45) is 28.6 Å². The maximum absolute atomic E-state index is 13.7. The first-order valence-corrected chi connectivity index (χ1v) is 16.2. The minimum Gasteiger partial charge on any atom is -0.472 e. The van der Waals surface area contributed by atoms with E-state index in [4.69, 9.17) is 28.1 Å². The van der Waals surface area contributed by atoms with Gasteiger partial charge in [-0.1, -0.05) is 46.8 Å². The van der Waals surface area contributed by atoms with Gasteiger partial charge in [0.05, 0.1) is 24.4 Å². The minimum absolute atomic E-state index is 0.0231. The first-order valence-electron chi connectivity index (χ1n) is 16.2. The summed E-state index contributed by atoms with van der Waals surface area (Å²) in [5, 5.41) is 24.2. The number of carbonyl (C=O) groups is 5. The summed E-state index contributed by atoms with van der Waals surface area (Å²) in [5.74, 6) is -6.21. The highest BCUT2D eigenvalue weighted by Crippen LogP contribution is 2.69. The molecule has 2 N–H and O–H groups in total. The molecule has 2 aliphatic carbocycles. The molecule has 1 aromatic rings. The van der Waals surface area contributed by atoms with Crippen molar-refractivity contribution in [2.75, 3.05) is 6.61 Å². The molecule has 13 nitrogen and oxygen atoms in total. The number of ether oxygens (including phenoxy) is 5. The molecule has 5 rings (SSSR count). The maximum atomic E-state index is 13.7. The van der Waals surface area contributed by atoms with E-state index in [9.17, 15) is 34.2 Å². The van der Waals surface area contributed by atoms with Gasteiger partial charge in [0.2, 0.25) is 0 Å². The van der Waals surface area contributed by atoms with E-state index in [0.29, 0.717) is 12.0 Å². The van der Waals surface area contributed by atoms with Crippen LogP contribution in [0.4, 0.5) is 0 Å². The second-order valence-electron chi connectivity index (χ2n) is 14.2. The number of carbonyl (C=O) groups excluding carboxylic acids is 5. The molecular weight excluding hydrogens is 628 g/mol. The van der Waals surface area contributed by atoms with E-state index in [2.05, 4.69) is 6.58 Å². The molecule has 0 spiro atoms. The molecule has 0 aromatic carbocycles. The third-order valence-corrected chi connectivity index (χ3v) is 11.6. The van der Waals surface area contributed by atoms with Crippen LogP contribution >= 0.6 is 0 Å². The Morgan fingerprint density at radius 3 is 2.52 bits per heavy atom. The smallest absolute Gasteiger partial charge is 0.335 e. The number of aliphatic hydroxyl groups excluding tert-OH is 1. The van der Waals surface area contributed by atoms with Gasteiger partial charge in [0, 0.05) is 36.2 Å². The van der Waals surface area contributed by atoms with Crippen LogP contribution in [0, 0.1) is 28.6 Å². The molecule has 0 radical (unpaired) electrons. The third kappa shape index (κ3) is 5.26. The van der Waals surface area contributed by atoms with Gasteiger partial charge < -0.3 is 38.3 Å². The first kappa shape index (κ1) is 35.3. The van der Waals surface area contributed by atoms with Crippen LogP contribution in [-0.2, 0) is 47.7 Å². The zero-order chi connectivity index (χ0) is 35.4. The van der Waals surface area contributed by atoms with E-state index in [0.717, 1.165) is 0 Å². The van der Waals surface area contributed by atoms with Gasteiger partial charge in [0.1, 0.15) is 36.1 Å². The van der Waals surface area contributed by atoms with Crippen molar-refractivity contribution >= 4 is 30.3 Å². The number of aliphatic hydroxyl groups is 2. The van der Waals surface area contributed by atoms with E-state index in [1.165, 1.54) is 31.6 Å². The average Bonchev–Trinajstić information content (AvgIpc) is 3.62. The summed E-state index contributed by atoms with van der Waals surface area (Å²) < 4.78 is 34.4. The highest BCUT2D eigenvalue weighted by atomic mass is 16.6. The SMILES string of the molecule is C=C1[C@H]([C@]2(C)C=CC(=O)O[C@]3(C)COC(=O)C[C@H]23)[C@H](OC=O)[C@H](OC(=O)[C@H](O)[C@H](C)CC)[C@]2(C)[C@H](c3ccoc3)C[C@H](OC(C)=O)[C@@]12O. The van der Waals surface area contributed by atoms with Gasteiger partial charge >= 0.3 is 23.9 Å². The lowest BCUT2D eigenvalue weighted by molar-refractivity contribution is -0.243. The summed E-state index contributed by atoms with van der Waals surface area (Å²) in [6, 6.07) is 1.67. The van der Waals surface area contributed by atoms with E-state index in [-0.39, 0.29) is 31.5 Å².